The van der Waals surface area contributed by atoms with Gasteiger partial charge in [-0.2, -0.15) is 0 Å². The van der Waals surface area contributed by atoms with Gasteiger partial charge in [-0.1, -0.05) is 5.21 Å². The van der Waals surface area contributed by atoms with Gasteiger partial charge in [-0.05, 0) is 0 Å². The molecule has 2 rings (SSSR count). The highest BCUT2D eigenvalue weighted by atomic mass is 16.4. The van der Waals surface area contributed by atoms with E-state index in [1.54, 1.807) is 0 Å². The molecule has 1 N–H and O–H groups in total. The average Bonchev–Trinajstić information content (AvgIpc) is 2.68. The predicted molar refractivity (Wildman–Crippen MR) is 43.9 cm³/mol. The fourth-order valence-corrected chi connectivity index (χ4v) is 0.898. The molecule has 14 heavy (non-hydrogen) atoms. The SMILES string of the molecule is O=C(O)c1cn(-c2cncnc2)nn1. The molecule has 70 valence electrons. The van der Waals surface area contributed by atoms with Crippen LogP contribution in [0, 0.1) is 0 Å². The summed E-state index contributed by atoms with van der Waals surface area (Å²) in [4.78, 5) is 18.0. The normalized spacial score (nSPS) is 10.0. The minimum atomic E-state index is -1.12. The average molecular weight is 191 g/mol. The maximum atomic E-state index is 10.5. The van der Waals surface area contributed by atoms with E-state index in [2.05, 4.69) is 20.3 Å². The molecule has 0 atom stereocenters. The zero-order valence-electron chi connectivity index (χ0n) is 6.90. The lowest BCUT2D eigenvalue weighted by Crippen LogP contribution is -1.96. The number of hydrogen-bond acceptors (Lipinski definition) is 5. The van der Waals surface area contributed by atoms with Crippen LogP contribution in [-0.2, 0) is 0 Å². The van der Waals surface area contributed by atoms with Crippen molar-refractivity contribution in [3.8, 4) is 5.69 Å². The van der Waals surface area contributed by atoms with Gasteiger partial charge in [0.2, 0.25) is 0 Å². The molecule has 0 aromatic carbocycles. The van der Waals surface area contributed by atoms with Gasteiger partial charge in [0, 0.05) is 0 Å². The Kier molecular flexibility index (Phi) is 1.90. The molecule has 0 aliphatic rings. The van der Waals surface area contributed by atoms with Crippen molar-refractivity contribution >= 4 is 5.97 Å². The minimum absolute atomic E-state index is 0.117. The largest absolute Gasteiger partial charge is 0.476 e. The Bertz CT molecular complexity index is 452. The Hall–Kier alpha value is -2.31. The van der Waals surface area contributed by atoms with Crippen LogP contribution in [0.4, 0.5) is 0 Å². The van der Waals surface area contributed by atoms with E-state index >= 15 is 0 Å². The van der Waals surface area contributed by atoms with Crippen LogP contribution < -0.4 is 0 Å². The fourth-order valence-electron chi connectivity index (χ4n) is 0.898. The smallest absolute Gasteiger partial charge is 0.358 e. The molecule has 2 aromatic heterocycles. The van der Waals surface area contributed by atoms with E-state index in [4.69, 9.17) is 5.11 Å². The number of carboxylic acid groups (broad SMARTS) is 1. The van der Waals surface area contributed by atoms with E-state index in [1.165, 1.54) is 29.6 Å². The first kappa shape index (κ1) is 8.30. The van der Waals surface area contributed by atoms with Crippen molar-refractivity contribution in [1.82, 2.24) is 25.0 Å². The van der Waals surface area contributed by atoms with Crippen LogP contribution in [0.25, 0.3) is 5.69 Å². The number of carboxylic acids is 1. The Labute approximate surface area is 78.0 Å². The van der Waals surface area contributed by atoms with Gasteiger partial charge < -0.3 is 5.11 Å². The second-order valence-electron chi connectivity index (χ2n) is 2.45. The summed E-state index contributed by atoms with van der Waals surface area (Å²) in [7, 11) is 0. The molecule has 2 heterocycles. The highest BCUT2D eigenvalue weighted by molar-refractivity contribution is 5.84. The van der Waals surface area contributed by atoms with Crippen LogP contribution in [0.5, 0.6) is 0 Å². The maximum Gasteiger partial charge on any atom is 0.358 e. The van der Waals surface area contributed by atoms with Crippen LogP contribution in [0.2, 0.25) is 0 Å². The molecule has 0 radical (unpaired) electrons. The van der Waals surface area contributed by atoms with E-state index in [1.807, 2.05) is 0 Å². The molecule has 7 heteroatoms. The third kappa shape index (κ3) is 1.42. The van der Waals surface area contributed by atoms with Crippen molar-refractivity contribution in [2.75, 3.05) is 0 Å². The second-order valence-corrected chi connectivity index (χ2v) is 2.45. The van der Waals surface area contributed by atoms with Crippen molar-refractivity contribution in [1.29, 1.82) is 0 Å². The number of aromatic carboxylic acids is 1. The molecule has 0 aliphatic heterocycles. The first-order chi connectivity index (χ1) is 6.77. The summed E-state index contributed by atoms with van der Waals surface area (Å²) in [5.41, 5.74) is 0.446. The Morgan fingerprint density at radius 1 is 1.36 bits per heavy atom. The predicted octanol–water partition coefficient (Wildman–Crippen LogP) is -0.245. The summed E-state index contributed by atoms with van der Waals surface area (Å²) in [5.74, 6) is -1.12. The Morgan fingerprint density at radius 2 is 2.07 bits per heavy atom. The number of rotatable bonds is 2. The molecule has 7 nitrogen and oxygen atoms in total. The summed E-state index contributed by atoms with van der Waals surface area (Å²) in [6.45, 7) is 0. The van der Waals surface area contributed by atoms with Crippen molar-refractivity contribution in [2.45, 2.75) is 0 Å². The molecule has 0 saturated heterocycles. The highest BCUT2D eigenvalue weighted by Gasteiger charge is 2.08. The molecular weight excluding hydrogens is 186 g/mol. The molecule has 2 aromatic rings. The van der Waals surface area contributed by atoms with Gasteiger partial charge in [-0.25, -0.2) is 19.4 Å². The van der Waals surface area contributed by atoms with Gasteiger partial charge in [-0.3, -0.25) is 0 Å². The lowest BCUT2D eigenvalue weighted by Gasteiger charge is -1.94. The molecule has 0 aliphatic carbocycles. The maximum absolute atomic E-state index is 10.5. The van der Waals surface area contributed by atoms with Gasteiger partial charge in [0.25, 0.3) is 0 Å². The summed E-state index contributed by atoms with van der Waals surface area (Å²) in [6, 6.07) is 0. The third-order valence-corrected chi connectivity index (χ3v) is 1.52. The van der Waals surface area contributed by atoms with Crippen LogP contribution in [0.15, 0.2) is 24.9 Å². The van der Waals surface area contributed by atoms with Gasteiger partial charge in [0.1, 0.15) is 12.0 Å². The highest BCUT2D eigenvalue weighted by Crippen LogP contribution is 2.02. The Morgan fingerprint density at radius 3 is 2.64 bits per heavy atom. The van der Waals surface area contributed by atoms with Crippen molar-refractivity contribution < 1.29 is 9.90 Å². The Balaban J connectivity index is 2.39. The molecule has 0 spiro atoms. The third-order valence-electron chi connectivity index (χ3n) is 1.52. The molecule has 0 bridgehead atoms. The fraction of sp³-hybridized carbons (Fsp3) is 0. The molecule has 0 saturated carbocycles. The van der Waals surface area contributed by atoms with Crippen molar-refractivity contribution in [3.05, 3.63) is 30.6 Å². The second kappa shape index (κ2) is 3.21. The van der Waals surface area contributed by atoms with Crippen molar-refractivity contribution in [3.63, 3.8) is 0 Å². The van der Waals surface area contributed by atoms with Gasteiger partial charge >= 0.3 is 5.97 Å². The van der Waals surface area contributed by atoms with Crippen LogP contribution in [0.1, 0.15) is 10.5 Å². The lowest BCUT2D eigenvalue weighted by molar-refractivity contribution is 0.0690. The van der Waals surface area contributed by atoms with Gasteiger partial charge in [0.15, 0.2) is 5.69 Å². The topological polar surface area (TPSA) is 93.8 Å². The van der Waals surface area contributed by atoms with Crippen LogP contribution in [-0.4, -0.2) is 36.0 Å². The summed E-state index contributed by atoms with van der Waals surface area (Å²) < 4.78 is 1.30. The first-order valence-corrected chi connectivity index (χ1v) is 3.68. The zero-order chi connectivity index (χ0) is 9.97. The lowest BCUT2D eigenvalue weighted by atomic mass is 10.5. The van der Waals surface area contributed by atoms with E-state index in [-0.39, 0.29) is 5.69 Å². The van der Waals surface area contributed by atoms with Crippen LogP contribution >= 0.6 is 0 Å². The number of aromatic nitrogens is 5. The molecule has 0 unspecified atom stereocenters. The van der Waals surface area contributed by atoms with Gasteiger partial charge in [0.05, 0.1) is 18.6 Å². The summed E-state index contributed by atoms with van der Waals surface area (Å²) >= 11 is 0. The van der Waals surface area contributed by atoms with E-state index in [9.17, 15) is 4.79 Å². The number of carbonyl (C=O) groups is 1. The zero-order valence-corrected chi connectivity index (χ0v) is 6.90. The number of hydrogen-bond donors (Lipinski definition) is 1. The number of nitrogens with zero attached hydrogens (tertiary/aromatic N) is 5. The molecular formula is C7H5N5O2. The first-order valence-electron chi connectivity index (χ1n) is 3.68. The van der Waals surface area contributed by atoms with E-state index < -0.39 is 5.97 Å². The molecule has 0 amide bonds. The standard InChI is InChI=1S/C7H5N5O2/c13-7(14)6-3-12(11-10-6)5-1-8-4-9-2-5/h1-4H,(H,13,14). The monoisotopic (exact) mass is 191 g/mol. The minimum Gasteiger partial charge on any atom is -0.476 e. The summed E-state index contributed by atoms with van der Waals surface area (Å²) in [5, 5.41) is 15.7. The van der Waals surface area contributed by atoms with Crippen molar-refractivity contribution in [2.24, 2.45) is 0 Å². The summed E-state index contributed by atoms with van der Waals surface area (Å²) in [6.07, 6.45) is 5.68. The van der Waals surface area contributed by atoms with E-state index in [0.717, 1.165) is 0 Å². The molecule has 0 fully saturated rings. The quantitative estimate of drug-likeness (QED) is 0.703. The van der Waals surface area contributed by atoms with Gasteiger partial charge in [-0.15, -0.1) is 5.10 Å². The van der Waals surface area contributed by atoms with Crippen LogP contribution in [0.3, 0.4) is 0 Å². The van der Waals surface area contributed by atoms with E-state index in [0.29, 0.717) is 5.69 Å².